The highest BCUT2D eigenvalue weighted by Gasteiger charge is 2.12. The molecule has 0 unspecified atom stereocenters. The lowest BCUT2D eigenvalue weighted by Gasteiger charge is -2.19. The fourth-order valence-corrected chi connectivity index (χ4v) is 3.17. The van der Waals surface area contributed by atoms with E-state index in [1.807, 2.05) is 42.5 Å². The van der Waals surface area contributed by atoms with Gasteiger partial charge in [-0.25, -0.2) is 0 Å². The molecule has 1 amide bonds. The first-order valence-electron chi connectivity index (χ1n) is 10.5. The van der Waals surface area contributed by atoms with E-state index in [-0.39, 0.29) is 17.2 Å². The van der Waals surface area contributed by atoms with Gasteiger partial charge in [0.05, 0.1) is 5.69 Å². The molecule has 0 spiro atoms. The van der Waals surface area contributed by atoms with Gasteiger partial charge >= 0.3 is 0 Å². The number of amides is 1. The van der Waals surface area contributed by atoms with Gasteiger partial charge in [-0.1, -0.05) is 50.2 Å². The minimum atomic E-state index is -0.359. The van der Waals surface area contributed by atoms with Crippen LogP contribution in [0.25, 0.3) is 5.69 Å². The van der Waals surface area contributed by atoms with Crippen molar-refractivity contribution in [3.05, 3.63) is 88.3 Å². The van der Waals surface area contributed by atoms with Gasteiger partial charge in [0.1, 0.15) is 18.1 Å². The van der Waals surface area contributed by atoms with Crippen LogP contribution in [0.15, 0.2) is 71.5 Å². The molecule has 3 aromatic rings. The third kappa shape index (κ3) is 6.02. The Labute approximate surface area is 182 Å². The van der Waals surface area contributed by atoms with Gasteiger partial charge < -0.3 is 15.0 Å². The van der Waals surface area contributed by atoms with Crippen LogP contribution >= 0.6 is 0 Å². The molecule has 162 valence electrons. The Morgan fingerprint density at radius 1 is 1.00 bits per heavy atom. The summed E-state index contributed by atoms with van der Waals surface area (Å²) in [6.07, 6.45) is 0. The summed E-state index contributed by atoms with van der Waals surface area (Å²) in [4.78, 5) is 27.1. The van der Waals surface area contributed by atoms with E-state index in [4.69, 9.17) is 4.74 Å². The Morgan fingerprint density at radius 3 is 2.45 bits per heavy atom. The maximum absolute atomic E-state index is 12.7. The second kappa shape index (κ2) is 11.1. The molecular formula is C24H28N4O3. The highest BCUT2D eigenvalue weighted by Crippen LogP contribution is 2.18. The van der Waals surface area contributed by atoms with Crippen LogP contribution in [0.4, 0.5) is 0 Å². The monoisotopic (exact) mass is 420 g/mol. The van der Waals surface area contributed by atoms with Crippen molar-refractivity contribution in [2.24, 2.45) is 0 Å². The standard InChI is InChI=1S/C24H28N4O3/c1-3-27(4-2)16-17-31-22-13-9-8-10-19(22)18-25-24(30)21-14-15-23(29)28(26-21)20-11-6-5-7-12-20/h5-15H,3-4,16-18H2,1-2H3,(H,25,30). The van der Waals surface area contributed by atoms with E-state index in [0.717, 1.165) is 30.9 Å². The number of carbonyl (C=O) groups excluding carboxylic acids is 1. The average Bonchev–Trinajstić information content (AvgIpc) is 2.82. The molecule has 7 heteroatoms. The molecule has 0 atom stereocenters. The van der Waals surface area contributed by atoms with Crippen molar-refractivity contribution in [2.45, 2.75) is 20.4 Å². The number of nitrogens with one attached hydrogen (secondary N) is 1. The average molecular weight is 421 g/mol. The van der Waals surface area contributed by atoms with E-state index in [2.05, 4.69) is 29.2 Å². The van der Waals surface area contributed by atoms with Crippen molar-refractivity contribution in [3.8, 4) is 11.4 Å². The molecule has 0 saturated heterocycles. The zero-order valence-corrected chi connectivity index (χ0v) is 18.0. The van der Waals surface area contributed by atoms with E-state index in [1.165, 1.54) is 16.8 Å². The quantitative estimate of drug-likeness (QED) is 0.546. The molecule has 0 aliphatic carbocycles. The van der Waals surface area contributed by atoms with Gasteiger partial charge in [0.25, 0.3) is 11.5 Å². The third-order valence-electron chi connectivity index (χ3n) is 5.01. The number of hydrogen-bond donors (Lipinski definition) is 1. The van der Waals surface area contributed by atoms with Crippen LogP contribution < -0.4 is 15.6 Å². The van der Waals surface area contributed by atoms with E-state index in [1.54, 1.807) is 12.1 Å². The number of hydrogen-bond acceptors (Lipinski definition) is 5. The zero-order chi connectivity index (χ0) is 22.1. The SMILES string of the molecule is CCN(CC)CCOc1ccccc1CNC(=O)c1ccc(=O)n(-c2ccccc2)n1. The van der Waals surface area contributed by atoms with Crippen LogP contribution in [0.2, 0.25) is 0 Å². The van der Waals surface area contributed by atoms with Crippen molar-refractivity contribution in [3.63, 3.8) is 0 Å². The molecule has 2 aromatic carbocycles. The van der Waals surface area contributed by atoms with Crippen molar-refractivity contribution >= 4 is 5.91 Å². The molecule has 0 saturated carbocycles. The number of ether oxygens (including phenoxy) is 1. The predicted octanol–water partition coefficient (Wildman–Crippen LogP) is 2.88. The van der Waals surface area contributed by atoms with Crippen LogP contribution in [0.1, 0.15) is 29.9 Å². The van der Waals surface area contributed by atoms with Gasteiger partial charge in [-0.05, 0) is 37.4 Å². The predicted molar refractivity (Wildman–Crippen MR) is 121 cm³/mol. The number of para-hydroxylation sites is 2. The smallest absolute Gasteiger partial charge is 0.272 e. The molecule has 1 heterocycles. The van der Waals surface area contributed by atoms with E-state index in [0.29, 0.717) is 18.8 Å². The Hall–Kier alpha value is -3.45. The molecule has 0 aliphatic heterocycles. The summed E-state index contributed by atoms with van der Waals surface area (Å²) in [6.45, 7) is 7.94. The first-order valence-corrected chi connectivity index (χ1v) is 10.5. The molecule has 31 heavy (non-hydrogen) atoms. The van der Waals surface area contributed by atoms with Gasteiger partial charge in [0, 0.05) is 24.7 Å². The van der Waals surface area contributed by atoms with Gasteiger partial charge in [-0.3, -0.25) is 9.59 Å². The van der Waals surface area contributed by atoms with E-state index < -0.39 is 0 Å². The fourth-order valence-electron chi connectivity index (χ4n) is 3.17. The first kappa shape index (κ1) is 22.2. The lowest BCUT2D eigenvalue weighted by atomic mass is 10.2. The van der Waals surface area contributed by atoms with Crippen molar-refractivity contribution < 1.29 is 9.53 Å². The number of rotatable bonds is 10. The van der Waals surface area contributed by atoms with Crippen molar-refractivity contribution in [1.29, 1.82) is 0 Å². The largest absolute Gasteiger partial charge is 0.492 e. The van der Waals surface area contributed by atoms with Crippen LogP contribution in [0.5, 0.6) is 5.75 Å². The van der Waals surface area contributed by atoms with E-state index >= 15 is 0 Å². The summed E-state index contributed by atoms with van der Waals surface area (Å²) in [7, 11) is 0. The molecule has 0 bridgehead atoms. The molecule has 0 radical (unpaired) electrons. The Kier molecular flexibility index (Phi) is 7.95. The Morgan fingerprint density at radius 2 is 1.71 bits per heavy atom. The second-order valence-corrected chi connectivity index (χ2v) is 6.97. The van der Waals surface area contributed by atoms with E-state index in [9.17, 15) is 9.59 Å². The molecular weight excluding hydrogens is 392 g/mol. The number of benzene rings is 2. The molecule has 3 rings (SSSR count). The minimum absolute atomic E-state index is 0.170. The lowest BCUT2D eigenvalue weighted by Crippen LogP contribution is -2.29. The Balaban J connectivity index is 1.66. The molecule has 1 aromatic heterocycles. The van der Waals surface area contributed by atoms with Crippen LogP contribution in [0, 0.1) is 0 Å². The number of likely N-dealkylation sites (N-methyl/N-ethyl adjacent to an activating group) is 1. The minimum Gasteiger partial charge on any atom is -0.492 e. The van der Waals surface area contributed by atoms with Gasteiger partial charge in [-0.15, -0.1) is 0 Å². The molecule has 1 N–H and O–H groups in total. The zero-order valence-electron chi connectivity index (χ0n) is 18.0. The topological polar surface area (TPSA) is 76.5 Å². The summed E-state index contributed by atoms with van der Waals surface area (Å²) in [5.41, 5.74) is 1.36. The molecule has 7 nitrogen and oxygen atoms in total. The van der Waals surface area contributed by atoms with Crippen LogP contribution in [-0.4, -0.2) is 46.8 Å². The van der Waals surface area contributed by atoms with Crippen LogP contribution in [-0.2, 0) is 6.54 Å². The van der Waals surface area contributed by atoms with Gasteiger partial charge in [-0.2, -0.15) is 9.78 Å². The highest BCUT2D eigenvalue weighted by atomic mass is 16.5. The number of carbonyl (C=O) groups is 1. The fraction of sp³-hybridized carbons (Fsp3) is 0.292. The molecule has 0 fully saturated rings. The Bertz CT molecular complexity index is 1050. The number of aromatic nitrogens is 2. The summed E-state index contributed by atoms with van der Waals surface area (Å²) < 4.78 is 7.17. The summed E-state index contributed by atoms with van der Waals surface area (Å²) in [5, 5.41) is 7.09. The van der Waals surface area contributed by atoms with Crippen molar-refractivity contribution in [1.82, 2.24) is 20.0 Å². The first-order chi connectivity index (χ1) is 15.1. The molecule has 0 aliphatic rings. The third-order valence-corrected chi connectivity index (χ3v) is 5.01. The van der Waals surface area contributed by atoms with Gasteiger partial charge in [0.2, 0.25) is 0 Å². The van der Waals surface area contributed by atoms with Gasteiger partial charge in [0.15, 0.2) is 0 Å². The summed E-state index contributed by atoms with van der Waals surface area (Å²) >= 11 is 0. The normalized spacial score (nSPS) is 10.8. The second-order valence-electron chi connectivity index (χ2n) is 6.97. The maximum atomic E-state index is 12.7. The van der Waals surface area contributed by atoms with Crippen LogP contribution in [0.3, 0.4) is 0 Å². The summed E-state index contributed by atoms with van der Waals surface area (Å²) in [6, 6.07) is 19.4. The maximum Gasteiger partial charge on any atom is 0.272 e. The van der Waals surface area contributed by atoms with Crippen molar-refractivity contribution in [2.75, 3.05) is 26.2 Å². The highest BCUT2D eigenvalue weighted by molar-refractivity contribution is 5.92. The lowest BCUT2D eigenvalue weighted by molar-refractivity contribution is 0.0943. The number of nitrogens with zero attached hydrogens (tertiary/aromatic N) is 3. The summed E-state index contributed by atoms with van der Waals surface area (Å²) in [5.74, 6) is 0.389.